The molecule has 100 valence electrons. The Morgan fingerprint density at radius 1 is 1.33 bits per heavy atom. The number of aromatic hydroxyl groups is 1. The number of ether oxygens (including phenoxy) is 1. The van der Waals surface area contributed by atoms with Crippen LogP contribution in [-0.2, 0) is 4.74 Å². The summed E-state index contributed by atoms with van der Waals surface area (Å²) in [5, 5.41) is 37.3. The van der Waals surface area contributed by atoms with E-state index in [1.54, 1.807) is 0 Å². The van der Waals surface area contributed by atoms with Crippen LogP contribution in [0.4, 0.5) is 0 Å². The zero-order valence-corrected chi connectivity index (χ0v) is 9.05. The molecule has 0 saturated carbocycles. The van der Waals surface area contributed by atoms with Gasteiger partial charge in [-0.2, -0.15) is 0 Å². The van der Waals surface area contributed by atoms with Gasteiger partial charge in [-0.3, -0.25) is 14.3 Å². The standard InChI is InChI=1S/C9H12N2O7/c12-2-4-5(14)6(15)8(18-4)11-1-3(13)7(16)10-9(11)17/h1,4-6,8,12-15H,2H2,(H,10,16,17)/t4-,5+,6?,8-/m1/s1. The molecule has 1 saturated heterocycles. The lowest BCUT2D eigenvalue weighted by Gasteiger charge is -2.16. The van der Waals surface area contributed by atoms with Crippen LogP contribution in [0.1, 0.15) is 6.23 Å². The second kappa shape index (κ2) is 4.53. The van der Waals surface area contributed by atoms with Gasteiger partial charge in [0.05, 0.1) is 12.8 Å². The number of aliphatic hydroxyl groups is 3. The van der Waals surface area contributed by atoms with Gasteiger partial charge in [0.15, 0.2) is 12.0 Å². The molecule has 0 aliphatic carbocycles. The van der Waals surface area contributed by atoms with Gasteiger partial charge in [-0.25, -0.2) is 4.79 Å². The van der Waals surface area contributed by atoms with Gasteiger partial charge >= 0.3 is 5.69 Å². The average molecular weight is 260 g/mol. The van der Waals surface area contributed by atoms with Gasteiger partial charge < -0.3 is 25.2 Å². The second-order valence-corrected chi connectivity index (χ2v) is 3.91. The lowest BCUT2D eigenvalue weighted by Crippen LogP contribution is -2.37. The molecule has 2 heterocycles. The van der Waals surface area contributed by atoms with Crippen molar-refractivity contribution in [2.45, 2.75) is 24.5 Å². The molecule has 1 aromatic heterocycles. The van der Waals surface area contributed by atoms with Crippen molar-refractivity contribution >= 4 is 0 Å². The van der Waals surface area contributed by atoms with Gasteiger partial charge in [-0.15, -0.1) is 0 Å². The fourth-order valence-corrected chi connectivity index (χ4v) is 1.77. The first-order valence-corrected chi connectivity index (χ1v) is 5.12. The summed E-state index contributed by atoms with van der Waals surface area (Å²) in [5.41, 5.74) is -1.88. The van der Waals surface area contributed by atoms with E-state index < -0.39 is 48.1 Å². The summed E-state index contributed by atoms with van der Waals surface area (Å²) in [6, 6.07) is 0. The maximum atomic E-state index is 11.5. The van der Waals surface area contributed by atoms with Crippen molar-refractivity contribution < 1.29 is 25.2 Å². The van der Waals surface area contributed by atoms with Crippen LogP contribution in [0.3, 0.4) is 0 Å². The molecular formula is C9H12N2O7. The molecule has 0 spiro atoms. The zero-order valence-electron chi connectivity index (χ0n) is 9.05. The van der Waals surface area contributed by atoms with E-state index in [-0.39, 0.29) is 0 Å². The molecule has 9 heteroatoms. The highest BCUT2D eigenvalue weighted by atomic mass is 16.6. The van der Waals surface area contributed by atoms with Gasteiger partial charge in [0.1, 0.15) is 18.3 Å². The van der Waals surface area contributed by atoms with Crippen molar-refractivity contribution in [2.24, 2.45) is 0 Å². The molecule has 1 aliphatic rings. The Balaban J connectivity index is 2.42. The van der Waals surface area contributed by atoms with Crippen LogP contribution in [0.2, 0.25) is 0 Å². The van der Waals surface area contributed by atoms with Crippen LogP contribution in [0.5, 0.6) is 5.75 Å². The number of aliphatic hydroxyl groups excluding tert-OH is 3. The molecule has 0 bridgehead atoms. The number of hydrogen-bond acceptors (Lipinski definition) is 7. The lowest BCUT2D eigenvalue weighted by molar-refractivity contribution is -0.0552. The van der Waals surface area contributed by atoms with Crippen LogP contribution < -0.4 is 11.2 Å². The smallest absolute Gasteiger partial charge is 0.330 e. The summed E-state index contributed by atoms with van der Waals surface area (Å²) in [5.74, 6) is -0.729. The number of aromatic nitrogens is 2. The van der Waals surface area contributed by atoms with E-state index in [1.165, 1.54) is 0 Å². The predicted molar refractivity (Wildman–Crippen MR) is 56.0 cm³/mol. The Morgan fingerprint density at radius 2 is 2.00 bits per heavy atom. The number of rotatable bonds is 2. The first-order chi connectivity index (χ1) is 8.45. The van der Waals surface area contributed by atoms with E-state index in [0.717, 1.165) is 10.8 Å². The van der Waals surface area contributed by atoms with E-state index >= 15 is 0 Å². The van der Waals surface area contributed by atoms with E-state index in [4.69, 9.17) is 9.84 Å². The minimum atomic E-state index is -1.47. The van der Waals surface area contributed by atoms with Gasteiger partial charge in [-0.05, 0) is 0 Å². The summed E-state index contributed by atoms with van der Waals surface area (Å²) >= 11 is 0. The third-order valence-corrected chi connectivity index (χ3v) is 2.74. The number of nitrogens with one attached hydrogen (secondary N) is 1. The highest BCUT2D eigenvalue weighted by molar-refractivity contribution is 5.10. The maximum absolute atomic E-state index is 11.5. The molecule has 1 aromatic rings. The normalized spacial score (nSPS) is 31.7. The zero-order chi connectivity index (χ0) is 13.4. The molecule has 1 fully saturated rings. The van der Waals surface area contributed by atoms with Gasteiger partial charge in [-0.1, -0.05) is 0 Å². The van der Waals surface area contributed by atoms with Crippen LogP contribution in [0, 0.1) is 0 Å². The topological polar surface area (TPSA) is 145 Å². The minimum absolute atomic E-state index is 0.543. The van der Waals surface area contributed by atoms with Crippen molar-refractivity contribution in [3.05, 3.63) is 27.0 Å². The minimum Gasteiger partial charge on any atom is -0.502 e. The van der Waals surface area contributed by atoms with E-state index in [9.17, 15) is 24.9 Å². The van der Waals surface area contributed by atoms with Crippen molar-refractivity contribution in [2.75, 3.05) is 6.61 Å². The molecule has 5 N–H and O–H groups in total. The van der Waals surface area contributed by atoms with E-state index in [0.29, 0.717) is 0 Å². The monoisotopic (exact) mass is 260 g/mol. The highest BCUT2D eigenvalue weighted by Crippen LogP contribution is 2.28. The van der Waals surface area contributed by atoms with Crippen molar-refractivity contribution in [3.8, 4) is 5.75 Å². The summed E-state index contributed by atoms with van der Waals surface area (Å²) in [4.78, 5) is 24.3. The summed E-state index contributed by atoms with van der Waals surface area (Å²) in [7, 11) is 0. The Hall–Kier alpha value is -1.68. The van der Waals surface area contributed by atoms with Crippen LogP contribution >= 0.6 is 0 Å². The summed E-state index contributed by atoms with van der Waals surface area (Å²) in [6.45, 7) is -0.543. The van der Waals surface area contributed by atoms with Gasteiger partial charge in [0.2, 0.25) is 0 Å². The van der Waals surface area contributed by atoms with Crippen molar-refractivity contribution in [1.29, 1.82) is 0 Å². The third kappa shape index (κ3) is 1.93. The van der Waals surface area contributed by atoms with Crippen LogP contribution in [0.15, 0.2) is 15.8 Å². The first kappa shape index (κ1) is 12.8. The molecule has 2 rings (SSSR count). The third-order valence-electron chi connectivity index (χ3n) is 2.74. The Bertz CT molecular complexity index is 551. The molecule has 18 heavy (non-hydrogen) atoms. The second-order valence-electron chi connectivity index (χ2n) is 3.91. The molecule has 0 amide bonds. The fraction of sp³-hybridized carbons (Fsp3) is 0.556. The lowest BCUT2D eigenvalue weighted by atomic mass is 10.1. The average Bonchev–Trinajstić information content (AvgIpc) is 2.61. The SMILES string of the molecule is O=c1[nH]c(=O)n([C@@H]2O[C@H](CO)[C@H](O)C2O)cc1O. The Morgan fingerprint density at radius 3 is 2.56 bits per heavy atom. The first-order valence-electron chi connectivity index (χ1n) is 5.12. The maximum Gasteiger partial charge on any atom is 0.330 e. The van der Waals surface area contributed by atoms with Gasteiger partial charge in [0, 0.05) is 0 Å². The Labute approximate surface area is 99.5 Å². The largest absolute Gasteiger partial charge is 0.502 e. The predicted octanol–water partition coefficient (Wildman–Crippen LogP) is -3.15. The van der Waals surface area contributed by atoms with E-state index in [2.05, 4.69) is 0 Å². The molecule has 0 aromatic carbocycles. The molecule has 0 radical (unpaired) electrons. The van der Waals surface area contributed by atoms with Gasteiger partial charge in [0.25, 0.3) is 5.56 Å². The number of H-pyrrole nitrogens is 1. The molecular weight excluding hydrogens is 248 g/mol. The van der Waals surface area contributed by atoms with Crippen molar-refractivity contribution in [1.82, 2.24) is 9.55 Å². The van der Waals surface area contributed by atoms with E-state index in [1.807, 2.05) is 4.98 Å². The number of nitrogens with zero attached hydrogens (tertiary/aromatic N) is 1. The number of aromatic amines is 1. The van der Waals surface area contributed by atoms with Crippen LogP contribution in [-0.4, -0.2) is 54.9 Å². The highest BCUT2D eigenvalue weighted by Gasteiger charge is 2.43. The Kier molecular flexibility index (Phi) is 3.22. The molecule has 4 atom stereocenters. The van der Waals surface area contributed by atoms with Crippen molar-refractivity contribution in [3.63, 3.8) is 0 Å². The quantitative estimate of drug-likeness (QED) is 0.377. The number of hydrogen-bond donors (Lipinski definition) is 5. The molecule has 1 unspecified atom stereocenters. The molecule has 9 nitrogen and oxygen atoms in total. The summed E-state index contributed by atoms with van der Waals surface area (Å²) in [6.07, 6.45) is -4.40. The molecule has 1 aliphatic heterocycles. The summed E-state index contributed by atoms with van der Waals surface area (Å²) < 4.78 is 5.81. The fourth-order valence-electron chi connectivity index (χ4n) is 1.77. The van der Waals surface area contributed by atoms with Crippen LogP contribution in [0.25, 0.3) is 0 Å².